The van der Waals surface area contributed by atoms with Crippen molar-refractivity contribution in [1.82, 2.24) is 9.78 Å². The van der Waals surface area contributed by atoms with Gasteiger partial charge in [-0.1, -0.05) is 11.6 Å². The molecule has 0 aliphatic carbocycles. The molecule has 0 atom stereocenters. The van der Waals surface area contributed by atoms with Crippen molar-refractivity contribution in [3.8, 4) is 22.8 Å². The Morgan fingerprint density at radius 2 is 2.00 bits per heavy atom. The zero-order valence-electron chi connectivity index (χ0n) is 10.2. The second-order valence-corrected chi connectivity index (χ2v) is 4.47. The molecule has 1 aromatic carbocycles. The van der Waals surface area contributed by atoms with Gasteiger partial charge in [0.2, 0.25) is 0 Å². The van der Waals surface area contributed by atoms with Crippen molar-refractivity contribution < 1.29 is 20.1 Å². The maximum Gasteiger partial charge on any atom is 0.356 e. The first-order chi connectivity index (χ1) is 8.82. The smallest absolute Gasteiger partial charge is 0.356 e. The van der Waals surface area contributed by atoms with E-state index in [0.717, 1.165) is 0 Å². The fourth-order valence-corrected chi connectivity index (χ4v) is 2.21. The van der Waals surface area contributed by atoms with Crippen LogP contribution in [0.25, 0.3) is 11.3 Å². The highest BCUT2D eigenvalue weighted by atomic mass is 35.5. The Bertz CT molecular complexity index is 679. The number of nitrogens with zero attached hydrogens (tertiary/aromatic N) is 2. The lowest BCUT2D eigenvalue weighted by Gasteiger charge is -2.11. The van der Waals surface area contributed by atoms with Crippen LogP contribution in [-0.2, 0) is 7.05 Å². The molecular weight excluding hydrogens is 272 g/mol. The number of phenolic OH excluding ortho intramolecular Hbond substituents is 2. The molecule has 19 heavy (non-hydrogen) atoms. The molecule has 0 radical (unpaired) electrons. The molecule has 1 heterocycles. The standard InChI is InChI=1S/C12H11ClN2O4/c1-5-3-8(16)11(17)10(13)9(5)7-4-6(12(18)19)14-15(7)2/h3-4,16-17H,1-2H3,(H,18,19). The van der Waals surface area contributed by atoms with Crippen LogP contribution in [0.4, 0.5) is 0 Å². The number of halogens is 1. The quantitative estimate of drug-likeness (QED) is 0.734. The monoisotopic (exact) mass is 282 g/mol. The van der Waals surface area contributed by atoms with Crippen LogP contribution in [0, 0.1) is 6.92 Å². The van der Waals surface area contributed by atoms with E-state index in [-0.39, 0.29) is 16.5 Å². The zero-order valence-corrected chi connectivity index (χ0v) is 10.9. The molecule has 2 aromatic rings. The summed E-state index contributed by atoms with van der Waals surface area (Å²) in [4.78, 5) is 10.9. The molecule has 0 bridgehead atoms. The van der Waals surface area contributed by atoms with Gasteiger partial charge in [0, 0.05) is 12.6 Å². The van der Waals surface area contributed by atoms with Gasteiger partial charge in [-0.3, -0.25) is 4.68 Å². The summed E-state index contributed by atoms with van der Waals surface area (Å²) in [5, 5.41) is 31.8. The lowest BCUT2D eigenvalue weighted by Crippen LogP contribution is -1.99. The summed E-state index contributed by atoms with van der Waals surface area (Å²) in [6, 6.07) is 2.71. The molecule has 0 aliphatic heterocycles. The third-order valence-corrected chi connectivity index (χ3v) is 3.14. The fraction of sp³-hybridized carbons (Fsp3) is 0.167. The molecule has 0 saturated heterocycles. The number of phenols is 2. The van der Waals surface area contributed by atoms with E-state index in [1.807, 2.05) is 0 Å². The number of aromatic hydroxyl groups is 2. The summed E-state index contributed by atoms with van der Waals surface area (Å²) in [7, 11) is 1.57. The van der Waals surface area contributed by atoms with E-state index in [1.165, 1.54) is 16.8 Å². The highest BCUT2D eigenvalue weighted by molar-refractivity contribution is 6.35. The first-order valence-electron chi connectivity index (χ1n) is 5.31. The van der Waals surface area contributed by atoms with Crippen LogP contribution in [0.1, 0.15) is 16.1 Å². The van der Waals surface area contributed by atoms with E-state index < -0.39 is 11.7 Å². The molecule has 100 valence electrons. The number of aromatic nitrogens is 2. The summed E-state index contributed by atoms with van der Waals surface area (Å²) in [5.74, 6) is -1.93. The molecule has 0 saturated carbocycles. The average Bonchev–Trinajstić information content (AvgIpc) is 2.69. The van der Waals surface area contributed by atoms with Crippen molar-refractivity contribution >= 4 is 17.6 Å². The SMILES string of the molecule is Cc1cc(O)c(O)c(Cl)c1-c1cc(C(=O)O)nn1C. The summed E-state index contributed by atoms with van der Waals surface area (Å²) < 4.78 is 1.36. The normalized spacial score (nSPS) is 10.7. The highest BCUT2D eigenvalue weighted by Gasteiger charge is 2.20. The molecule has 6 nitrogen and oxygen atoms in total. The molecule has 1 aromatic heterocycles. The number of benzene rings is 1. The molecule has 0 fully saturated rings. The molecular formula is C12H11ClN2O4. The Balaban J connectivity index is 2.72. The molecule has 0 spiro atoms. The molecule has 7 heteroatoms. The number of aromatic carboxylic acids is 1. The van der Waals surface area contributed by atoms with Gasteiger partial charge < -0.3 is 15.3 Å². The van der Waals surface area contributed by atoms with Crippen LogP contribution in [-0.4, -0.2) is 31.1 Å². The van der Waals surface area contributed by atoms with Crippen molar-refractivity contribution in [2.45, 2.75) is 6.92 Å². The van der Waals surface area contributed by atoms with E-state index in [2.05, 4.69) is 5.10 Å². The van der Waals surface area contributed by atoms with Crippen molar-refractivity contribution in [2.24, 2.45) is 7.05 Å². The number of aryl methyl sites for hydroxylation is 2. The van der Waals surface area contributed by atoms with Gasteiger partial charge in [-0.2, -0.15) is 5.10 Å². The fourth-order valence-electron chi connectivity index (χ4n) is 1.87. The Morgan fingerprint density at radius 1 is 1.37 bits per heavy atom. The van der Waals surface area contributed by atoms with Crippen LogP contribution < -0.4 is 0 Å². The number of rotatable bonds is 2. The third-order valence-electron chi connectivity index (χ3n) is 2.77. The van der Waals surface area contributed by atoms with Crippen molar-refractivity contribution in [1.29, 1.82) is 0 Å². The van der Waals surface area contributed by atoms with Crippen LogP contribution in [0.5, 0.6) is 11.5 Å². The second kappa shape index (κ2) is 4.47. The van der Waals surface area contributed by atoms with E-state index in [9.17, 15) is 15.0 Å². The lowest BCUT2D eigenvalue weighted by molar-refractivity contribution is 0.0689. The summed E-state index contributed by atoms with van der Waals surface area (Å²) in [6.45, 7) is 1.69. The summed E-state index contributed by atoms with van der Waals surface area (Å²) >= 11 is 6.00. The Morgan fingerprint density at radius 3 is 2.53 bits per heavy atom. The number of carbonyl (C=O) groups is 1. The minimum absolute atomic E-state index is 0.0440. The zero-order chi connectivity index (χ0) is 14.3. The largest absolute Gasteiger partial charge is 0.504 e. The van der Waals surface area contributed by atoms with Crippen molar-refractivity contribution in [2.75, 3.05) is 0 Å². The molecule has 0 amide bonds. The summed E-state index contributed by atoms with van der Waals surface area (Å²) in [6.07, 6.45) is 0. The first-order valence-corrected chi connectivity index (χ1v) is 5.69. The van der Waals surface area contributed by atoms with Gasteiger partial charge in [0.1, 0.15) is 0 Å². The Hall–Kier alpha value is -2.21. The number of carboxylic acid groups (broad SMARTS) is 1. The third kappa shape index (κ3) is 2.10. The van der Waals surface area contributed by atoms with Gasteiger partial charge in [0.25, 0.3) is 0 Å². The van der Waals surface area contributed by atoms with Gasteiger partial charge in [0.05, 0.1) is 10.7 Å². The van der Waals surface area contributed by atoms with E-state index in [0.29, 0.717) is 16.8 Å². The highest BCUT2D eigenvalue weighted by Crippen LogP contribution is 2.42. The van der Waals surface area contributed by atoms with E-state index in [4.69, 9.17) is 16.7 Å². The van der Waals surface area contributed by atoms with Crippen LogP contribution in [0.2, 0.25) is 5.02 Å². The predicted molar refractivity (Wildman–Crippen MR) is 68.7 cm³/mol. The minimum Gasteiger partial charge on any atom is -0.504 e. The van der Waals surface area contributed by atoms with Gasteiger partial charge >= 0.3 is 5.97 Å². The molecule has 2 rings (SSSR count). The summed E-state index contributed by atoms with van der Waals surface area (Å²) in [5.41, 5.74) is 1.34. The number of hydrogen-bond donors (Lipinski definition) is 3. The van der Waals surface area contributed by atoms with Crippen LogP contribution in [0.3, 0.4) is 0 Å². The van der Waals surface area contributed by atoms with Gasteiger partial charge in [-0.25, -0.2) is 4.79 Å². The number of carboxylic acids is 1. The molecule has 0 unspecified atom stereocenters. The van der Waals surface area contributed by atoms with Crippen LogP contribution >= 0.6 is 11.6 Å². The minimum atomic E-state index is -1.15. The Labute approximate surface area is 113 Å². The molecule has 0 aliphatic rings. The van der Waals surface area contributed by atoms with Crippen molar-refractivity contribution in [3.05, 3.63) is 28.4 Å². The lowest BCUT2D eigenvalue weighted by atomic mass is 10.0. The first kappa shape index (κ1) is 13.2. The van der Waals surface area contributed by atoms with Crippen LogP contribution in [0.15, 0.2) is 12.1 Å². The van der Waals surface area contributed by atoms with Gasteiger partial charge in [-0.15, -0.1) is 0 Å². The topological polar surface area (TPSA) is 95.6 Å². The molecule has 3 N–H and O–H groups in total. The van der Waals surface area contributed by atoms with E-state index >= 15 is 0 Å². The maximum atomic E-state index is 10.9. The van der Waals surface area contributed by atoms with E-state index in [1.54, 1.807) is 14.0 Å². The Kier molecular flexibility index (Phi) is 3.11. The maximum absolute atomic E-state index is 10.9. The van der Waals surface area contributed by atoms with Gasteiger partial charge in [-0.05, 0) is 24.6 Å². The van der Waals surface area contributed by atoms with Crippen molar-refractivity contribution in [3.63, 3.8) is 0 Å². The average molecular weight is 283 g/mol. The van der Waals surface area contributed by atoms with Gasteiger partial charge in [0.15, 0.2) is 17.2 Å². The predicted octanol–water partition coefficient (Wildman–Crippen LogP) is 2.16. The second-order valence-electron chi connectivity index (χ2n) is 4.09. The number of hydrogen-bond acceptors (Lipinski definition) is 4.